The first kappa shape index (κ1) is 16.2. The summed E-state index contributed by atoms with van der Waals surface area (Å²) in [5, 5.41) is 3.73. The molecule has 1 fully saturated rings. The molecule has 1 aromatic heterocycles. The summed E-state index contributed by atoms with van der Waals surface area (Å²) in [5.41, 5.74) is 9.95. The Hall–Kier alpha value is -2.04. The number of thioether (sulfide) groups is 1. The van der Waals surface area contributed by atoms with Crippen LogP contribution in [0.5, 0.6) is 0 Å². The van der Waals surface area contributed by atoms with E-state index in [2.05, 4.69) is 42.5 Å². The summed E-state index contributed by atoms with van der Waals surface area (Å²) in [6.45, 7) is 0.534. The molecule has 0 amide bonds. The SMILES string of the molecule is NC[C@@H]1CSc2c(C3CC3)c(Cc3cccc4ccccc34)cc(=O)n21. The molecule has 132 valence electrons. The second-order valence-corrected chi connectivity index (χ2v) is 8.40. The lowest BCUT2D eigenvalue weighted by atomic mass is 9.95. The fourth-order valence-corrected chi connectivity index (χ4v) is 5.65. The molecule has 2 aromatic carbocycles. The molecule has 1 aliphatic carbocycles. The summed E-state index contributed by atoms with van der Waals surface area (Å²) in [5.74, 6) is 1.54. The number of rotatable bonds is 4. The number of aromatic nitrogens is 1. The van der Waals surface area contributed by atoms with E-state index in [1.807, 2.05) is 22.4 Å². The van der Waals surface area contributed by atoms with Crippen LogP contribution in [0.4, 0.5) is 0 Å². The zero-order valence-electron chi connectivity index (χ0n) is 14.7. The van der Waals surface area contributed by atoms with Crippen molar-refractivity contribution < 1.29 is 0 Å². The van der Waals surface area contributed by atoms with Gasteiger partial charge < -0.3 is 5.73 Å². The predicted molar refractivity (Wildman–Crippen MR) is 108 cm³/mol. The van der Waals surface area contributed by atoms with Gasteiger partial charge in [-0.3, -0.25) is 9.36 Å². The van der Waals surface area contributed by atoms with Gasteiger partial charge in [-0.1, -0.05) is 42.5 Å². The molecule has 0 radical (unpaired) electrons. The monoisotopic (exact) mass is 362 g/mol. The van der Waals surface area contributed by atoms with Crippen molar-refractivity contribution in [2.75, 3.05) is 12.3 Å². The van der Waals surface area contributed by atoms with E-state index in [0.29, 0.717) is 12.5 Å². The minimum Gasteiger partial charge on any atom is -0.328 e. The number of nitrogens with two attached hydrogens (primary N) is 1. The lowest BCUT2D eigenvalue weighted by molar-refractivity contribution is 0.522. The van der Waals surface area contributed by atoms with Gasteiger partial charge in [-0.15, -0.1) is 11.8 Å². The second-order valence-electron chi connectivity index (χ2n) is 7.39. The van der Waals surface area contributed by atoms with Gasteiger partial charge in [0.05, 0.1) is 11.1 Å². The molecule has 0 unspecified atom stereocenters. The Balaban J connectivity index is 1.66. The van der Waals surface area contributed by atoms with Crippen molar-refractivity contribution in [1.29, 1.82) is 0 Å². The third kappa shape index (κ3) is 2.60. The summed E-state index contributed by atoms with van der Waals surface area (Å²) >= 11 is 1.82. The largest absolute Gasteiger partial charge is 0.328 e. The molecule has 0 bridgehead atoms. The van der Waals surface area contributed by atoms with Gasteiger partial charge in [-0.05, 0) is 52.6 Å². The first-order valence-electron chi connectivity index (χ1n) is 9.34. The average Bonchev–Trinajstić information content (AvgIpc) is 3.40. The van der Waals surface area contributed by atoms with E-state index in [0.717, 1.165) is 12.2 Å². The Kier molecular flexibility index (Phi) is 3.91. The molecule has 2 aliphatic rings. The van der Waals surface area contributed by atoms with Crippen LogP contribution < -0.4 is 11.3 Å². The summed E-state index contributed by atoms with van der Waals surface area (Å²) < 4.78 is 1.96. The molecule has 2 heterocycles. The zero-order valence-corrected chi connectivity index (χ0v) is 15.5. The van der Waals surface area contributed by atoms with Gasteiger partial charge in [0.1, 0.15) is 0 Å². The van der Waals surface area contributed by atoms with Gasteiger partial charge in [0, 0.05) is 18.4 Å². The highest BCUT2D eigenvalue weighted by Crippen LogP contribution is 2.48. The van der Waals surface area contributed by atoms with Gasteiger partial charge in [0.15, 0.2) is 0 Å². The van der Waals surface area contributed by atoms with E-state index in [-0.39, 0.29) is 11.6 Å². The van der Waals surface area contributed by atoms with E-state index in [9.17, 15) is 4.79 Å². The fraction of sp³-hybridized carbons (Fsp3) is 0.318. The molecule has 0 spiro atoms. The molecule has 2 N–H and O–H groups in total. The minimum absolute atomic E-state index is 0.111. The Morgan fingerprint density at radius 1 is 1.08 bits per heavy atom. The highest BCUT2D eigenvalue weighted by Gasteiger charge is 2.34. The van der Waals surface area contributed by atoms with Crippen molar-refractivity contribution in [2.24, 2.45) is 5.73 Å². The fourth-order valence-electron chi connectivity index (χ4n) is 4.19. The van der Waals surface area contributed by atoms with Crippen LogP contribution in [0.2, 0.25) is 0 Å². The Labute approximate surface area is 157 Å². The minimum atomic E-state index is 0.111. The summed E-state index contributed by atoms with van der Waals surface area (Å²) in [6.07, 6.45) is 3.30. The number of pyridine rings is 1. The first-order chi connectivity index (χ1) is 12.8. The molecule has 0 saturated heterocycles. The second kappa shape index (κ2) is 6.29. The standard InChI is InChI=1S/C22H22N2OS/c23-12-18-13-26-22-21(15-8-9-15)17(11-20(25)24(18)22)10-16-6-3-5-14-4-1-2-7-19(14)16/h1-7,11,15,18H,8-10,12-13,23H2/t18-/m1/s1. The lowest BCUT2D eigenvalue weighted by Gasteiger charge is -2.17. The normalized spacial score (nSPS) is 19.0. The molecule has 1 saturated carbocycles. The van der Waals surface area contributed by atoms with Gasteiger partial charge in [0.2, 0.25) is 0 Å². The number of benzene rings is 2. The van der Waals surface area contributed by atoms with Crippen molar-refractivity contribution in [3.05, 3.63) is 75.6 Å². The van der Waals surface area contributed by atoms with Crippen molar-refractivity contribution in [2.45, 2.75) is 36.2 Å². The van der Waals surface area contributed by atoms with Crippen molar-refractivity contribution in [1.82, 2.24) is 4.57 Å². The van der Waals surface area contributed by atoms with Crippen LogP contribution in [-0.4, -0.2) is 16.9 Å². The van der Waals surface area contributed by atoms with Gasteiger partial charge in [-0.2, -0.15) is 0 Å². The quantitative estimate of drug-likeness (QED) is 0.761. The molecule has 26 heavy (non-hydrogen) atoms. The Morgan fingerprint density at radius 3 is 2.69 bits per heavy atom. The highest BCUT2D eigenvalue weighted by atomic mass is 32.2. The molecule has 3 nitrogen and oxygen atoms in total. The molecule has 3 aromatic rings. The van der Waals surface area contributed by atoms with Crippen LogP contribution in [0.15, 0.2) is 58.4 Å². The number of fused-ring (bicyclic) bond motifs is 2. The topological polar surface area (TPSA) is 48.0 Å². The first-order valence-corrected chi connectivity index (χ1v) is 10.3. The number of nitrogens with zero attached hydrogens (tertiary/aromatic N) is 1. The number of hydrogen-bond acceptors (Lipinski definition) is 3. The maximum absolute atomic E-state index is 12.8. The van der Waals surface area contributed by atoms with Gasteiger partial charge >= 0.3 is 0 Å². The van der Waals surface area contributed by atoms with Crippen LogP contribution in [0.3, 0.4) is 0 Å². The van der Waals surface area contributed by atoms with E-state index in [1.165, 1.54) is 45.3 Å². The summed E-state index contributed by atoms with van der Waals surface area (Å²) in [7, 11) is 0. The van der Waals surface area contributed by atoms with Crippen LogP contribution in [-0.2, 0) is 6.42 Å². The van der Waals surface area contributed by atoms with E-state index in [4.69, 9.17) is 5.73 Å². The highest BCUT2D eigenvalue weighted by molar-refractivity contribution is 7.99. The van der Waals surface area contributed by atoms with Crippen molar-refractivity contribution >= 4 is 22.5 Å². The molecule has 4 heteroatoms. The van der Waals surface area contributed by atoms with Crippen molar-refractivity contribution in [3.8, 4) is 0 Å². The Bertz CT molecular complexity index is 1050. The maximum Gasteiger partial charge on any atom is 0.252 e. The third-order valence-electron chi connectivity index (χ3n) is 5.63. The lowest BCUT2D eigenvalue weighted by Crippen LogP contribution is -2.29. The van der Waals surface area contributed by atoms with Crippen LogP contribution in [0.1, 0.15) is 41.5 Å². The zero-order chi connectivity index (χ0) is 17.7. The van der Waals surface area contributed by atoms with Crippen molar-refractivity contribution in [3.63, 3.8) is 0 Å². The molecular weight excluding hydrogens is 340 g/mol. The molecular formula is C22H22N2OS. The van der Waals surface area contributed by atoms with Gasteiger partial charge in [-0.25, -0.2) is 0 Å². The average molecular weight is 362 g/mol. The smallest absolute Gasteiger partial charge is 0.252 e. The van der Waals surface area contributed by atoms with Crippen LogP contribution in [0, 0.1) is 0 Å². The van der Waals surface area contributed by atoms with E-state index < -0.39 is 0 Å². The summed E-state index contributed by atoms with van der Waals surface area (Å²) in [4.78, 5) is 12.8. The van der Waals surface area contributed by atoms with Gasteiger partial charge in [0.25, 0.3) is 5.56 Å². The Morgan fingerprint density at radius 2 is 1.88 bits per heavy atom. The summed E-state index contributed by atoms with van der Waals surface area (Å²) in [6, 6.07) is 17.0. The molecule has 1 aliphatic heterocycles. The third-order valence-corrected chi connectivity index (χ3v) is 6.87. The maximum atomic E-state index is 12.8. The molecule has 5 rings (SSSR count). The predicted octanol–water partition coefficient (Wildman–Crippen LogP) is 4.08. The van der Waals surface area contributed by atoms with E-state index >= 15 is 0 Å². The van der Waals surface area contributed by atoms with E-state index in [1.54, 1.807) is 0 Å². The van der Waals surface area contributed by atoms with Crippen LogP contribution in [0.25, 0.3) is 10.8 Å². The number of hydrogen-bond donors (Lipinski definition) is 1. The molecule has 1 atom stereocenters. The van der Waals surface area contributed by atoms with Crippen LogP contribution >= 0.6 is 11.8 Å².